The maximum atomic E-state index is 13.8. The second-order valence-corrected chi connectivity index (χ2v) is 12.1. The van der Waals surface area contributed by atoms with E-state index in [-0.39, 0.29) is 16.7 Å². The topological polar surface area (TPSA) is 77.0 Å². The number of piperazine rings is 1. The lowest BCUT2D eigenvalue weighted by Gasteiger charge is -2.41. The maximum absolute atomic E-state index is 13.8. The van der Waals surface area contributed by atoms with Crippen LogP contribution in [0.2, 0.25) is 5.02 Å². The average Bonchev–Trinajstić information content (AvgIpc) is 2.93. The molecule has 1 fully saturated rings. The first-order valence-corrected chi connectivity index (χ1v) is 14.4. The van der Waals surface area contributed by atoms with E-state index in [1.165, 1.54) is 4.31 Å². The molecule has 3 aromatic carbocycles. The molecule has 2 heterocycles. The Bertz CT molecular complexity index is 1500. The van der Waals surface area contributed by atoms with Gasteiger partial charge in [-0.25, -0.2) is 8.42 Å². The fourth-order valence-electron chi connectivity index (χ4n) is 5.11. The van der Waals surface area contributed by atoms with Gasteiger partial charge in [0.25, 0.3) is 0 Å². The third-order valence-corrected chi connectivity index (χ3v) is 9.33. The zero-order valence-corrected chi connectivity index (χ0v) is 22.8. The first-order valence-electron chi connectivity index (χ1n) is 12.6. The van der Waals surface area contributed by atoms with Gasteiger partial charge in [0.1, 0.15) is 5.75 Å². The molecule has 0 aliphatic carbocycles. The van der Waals surface area contributed by atoms with Crippen LogP contribution in [0, 0.1) is 0 Å². The Balaban J connectivity index is 1.37. The summed E-state index contributed by atoms with van der Waals surface area (Å²) in [7, 11) is -2.09. The molecule has 1 aromatic heterocycles. The lowest BCUT2D eigenvalue weighted by Crippen LogP contribution is -2.54. The molecule has 5 rings (SSSR count). The molecule has 0 amide bonds. The smallest absolute Gasteiger partial charge is 0.243 e. The fourth-order valence-corrected chi connectivity index (χ4v) is 6.71. The summed E-state index contributed by atoms with van der Waals surface area (Å²) in [6.45, 7) is 3.56. The minimum absolute atomic E-state index is 0.0440. The highest BCUT2D eigenvalue weighted by Gasteiger charge is 2.30. The monoisotopic (exact) mass is 550 g/mol. The third-order valence-electron chi connectivity index (χ3n) is 7.21. The number of aromatic nitrogens is 1. The number of phenols is 1. The fraction of sp³-hybridized carbons (Fsp3) is 0.276. The van der Waals surface area contributed by atoms with Gasteiger partial charge >= 0.3 is 0 Å². The summed E-state index contributed by atoms with van der Waals surface area (Å²) in [5, 5.41) is 11.9. The maximum Gasteiger partial charge on any atom is 0.243 e. The molecule has 4 aromatic rings. The quantitative estimate of drug-likeness (QED) is 0.344. The van der Waals surface area contributed by atoms with Crippen molar-refractivity contribution in [3.8, 4) is 5.75 Å². The number of hydrogen-bond donors (Lipinski definition) is 1. The van der Waals surface area contributed by atoms with E-state index in [1.54, 1.807) is 49.8 Å². The Hall–Kier alpha value is -3.17. The van der Waals surface area contributed by atoms with Crippen molar-refractivity contribution in [2.75, 3.05) is 44.7 Å². The van der Waals surface area contributed by atoms with Crippen molar-refractivity contribution in [1.29, 1.82) is 0 Å². The van der Waals surface area contributed by atoms with Crippen molar-refractivity contribution >= 4 is 38.1 Å². The SMILES string of the molecule is CN(CC(Cc1ccc(O)cc1)N1CCN(c2cccc(Cl)c2)CC1)S(=O)(=O)c1cccc2cnccc12. The summed E-state index contributed by atoms with van der Waals surface area (Å²) in [6.07, 6.45) is 3.96. The van der Waals surface area contributed by atoms with Gasteiger partial charge in [-0.3, -0.25) is 9.88 Å². The summed E-state index contributed by atoms with van der Waals surface area (Å²) in [5.41, 5.74) is 2.14. The minimum Gasteiger partial charge on any atom is -0.508 e. The molecule has 1 aliphatic rings. The number of halogens is 1. The zero-order chi connectivity index (χ0) is 26.7. The molecule has 9 heteroatoms. The van der Waals surface area contributed by atoms with Crippen LogP contribution in [0.3, 0.4) is 0 Å². The van der Waals surface area contributed by atoms with Crippen LogP contribution in [0.25, 0.3) is 10.8 Å². The lowest BCUT2D eigenvalue weighted by atomic mass is 10.0. The summed E-state index contributed by atoms with van der Waals surface area (Å²) in [4.78, 5) is 9.10. The molecule has 1 N–H and O–H groups in total. The van der Waals surface area contributed by atoms with E-state index in [1.807, 2.05) is 36.4 Å². The van der Waals surface area contributed by atoms with Crippen molar-refractivity contribution in [2.24, 2.45) is 0 Å². The molecule has 1 unspecified atom stereocenters. The van der Waals surface area contributed by atoms with Gasteiger partial charge in [-0.2, -0.15) is 4.31 Å². The van der Waals surface area contributed by atoms with Gasteiger partial charge in [-0.05, 0) is 54.4 Å². The standard InChI is InChI=1S/C29H31ClN4O3S/c1-32(38(36,37)29-7-2-4-23-20-31-13-12-28(23)29)21-26(18-22-8-10-27(35)11-9-22)34-16-14-33(15-17-34)25-6-3-5-24(30)19-25/h2-13,19-20,26,35H,14-18,21H2,1H3. The molecule has 0 spiro atoms. The van der Waals surface area contributed by atoms with Gasteiger partial charge in [0.2, 0.25) is 10.0 Å². The van der Waals surface area contributed by atoms with Gasteiger partial charge in [-0.15, -0.1) is 0 Å². The number of aromatic hydroxyl groups is 1. The molecule has 1 saturated heterocycles. The molecule has 198 valence electrons. The summed E-state index contributed by atoms with van der Waals surface area (Å²) < 4.78 is 29.0. The van der Waals surface area contributed by atoms with Crippen LogP contribution in [0.1, 0.15) is 5.56 Å². The van der Waals surface area contributed by atoms with Crippen molar-refractivity contribution in [2.45, 2.75) is 17.4 Å². The second kappa shape index (κ2) is 11.3. The molecular weight excluding hydrogens is 520 g/mol. The van der Waals surface area contributed by atoms with Crippen molar-refractivity contribution < 1.29 is 13.5 Å². The Kier molecular flexibility index (Phi) is 7.85. The molecule has 38 heavy (non-hydrogen) atoms. The zero-order valence-electron chi connectivity index (χ0n) is 21.2. The van der Waals surface area contributed by atoms with Crippen LogP contribution in [-0.2, 0) is 16.4 Å². The molecule has 0 bridgehead atoms. The molecule has 1 aliphatic heterocycles. The van der Waals surface area contributed by atoms with Gasteiger partial charge in [0.15, 0.2) is 0 Å². The van der Waals surface area contributed by atoms with Gasteiger partial charge in [0.05, 0.1) is 4.90 Å². The number of rotatable bonds is 8. The normalized spacial score (nSPS) is 15.7. The second-order valence-electron chi connectivity index (χ2n) is 9.67. The number of phenolic OH excluding ortho intramolecular Hbond substituents is 1. The number of nitrogens with zero attached hydrogens (tertiary/aromatic N) is 4. The highest BCUT2D eigenvalue weighted by Crippen LogP contribution is 2.27. The molecule has 1 atom stereocenters. The first kappa shape index (κ1) is 26.4. The van der Waals surface area contributed by atoms with Gasteiger partial charge in [-0.1, -0.05) is 41.9 Å². The number of sulfonamides is 1. The number of benzene rings is 3. The number of likely N-dealkylation sites (N-methyl/N-ethyl adjacent to an activating group) is 1. The van der Waals surface area contributed by atoms with E-state index in [0.29, 0.717) is 23.4 Å². The van der Waals surface area contributed by atoms with E-state index in [4.69, 9.17) is 11.6 Å². The van der Waals surface area contributed by atoms with Gasteiger partial charge in [0, 0.05) is 79.7 Å². The first-order chi connectivity index (χ1) is 18.3. The van der Waals surface area contributed by atoms with Crippen LogP contribution in [0.5, 0.6) is 5.75 Å². The van der Waals surface area contributed by atoms with E-state index in [0.717, 1.165) is 42.8 Å². The number of anilines is 1. The van der Waals surface area contributed by atoms with E-state index < -0.39 is 10.0 Å². The molecule has 7 nitrogen and oxygen atoms in total. The van der Waals surface area contributed by atoms with Crippen LogP contribution < -0.4 is 4.90 Å². The van der Waals surface area contributed by atoms with Crippen LogP contribution in [-0.4, -0.2) is 73.5 Å². The third kappa shape index (κ3) is 5.78. The van der Waals surface area contributed by atoms with Gasteiger partial charge < -0.3 is 10.0 Å². The van der Waals surface area contributed by atoms with E-state index in [9.17, 15) is 13.5 Å². The number of fused-ring (bicyclic) bond motifs is 1. The summed E-state index contributed by atoms with van der Waals surface area (Å²) in [6, 6.07) is 22.0. The van der Waals surface area contributed by atoms with Crippen molar-refractivity contribution in [3.63, 3.8) is 0 Å². The molecular formula is C29H31ClN4O3S. The van der Waals surface area contributed by atoms with Crippen LogP contribution >= 0.6 is 11.6 Å². The minimum atomic E-state index is -3.74. The lowest BCUT2D eigenvalue weighted by molar-refractivity contribution is 0.165. The average molecular weight is 551 g/mol. The highest BCUT2D eigenvalue weighted by molar-refractivity contribution is 7.89. The summed E-state index contributed by atoms with van der Waals surface area (Å²) >= 11 is 6.21. The Morgan fingerprint density at radius 3 is 2.47 bits per heavy atom. The molecule has 0 saturated carbocycles. The molecule has 0 radical (unpaired) electrons. The predicted octanol–water partition coefficient (Wildman–Crippen LogP) is 4.65. The highest BCUT2D eigenvalue weighted by atomic mass is 35.5. The van der Waals surface area contributed by atoms with Crippen LogP contribution in [0.4, 0.5) is 5.69 Å². The van der Waals surface area contributed by atoms with E-state index in [2.05, 4.69) is 20.9 Å². The Morgan fingerprint density at radius 2 is 1.74 bits per heavy atom. The Labute approximate surface area is 228 Å². The van der Waals surface area contributed by atoms with E-state index >= 15 is 0 Å². The van der Waals surface area contributed by atoms with Crippen LogP contribution in [0.15, 0.2) is 90.1 Å². The largest absolute Gasteiger partial charge is 0.508 e. The van der Waals surface area contributed by atoms with Crippen molar-refractivity contribution in [3.05, 3.63) is 95.8 Å². The predicted molar refractivity (Wildman–Crippen MR) is 152 cm³/mol. The summed E-state index contributed by atoms with van der Waals surface area (Å²) in [5.74, 6) is 0.213. The number of pyridine rings is 1. The number of hydrogen-bond acceptors (Lipinski definition) is 6. The Morgan fingerprint density at radius 1 is 1.00 bits per heavy atom. The van der Waals surface area contributed by atoms with Crippen molar-refractivity contribution in [1.82, 2.24) is 14.2 Å².